The van der Waals surface area contributed by atoms with E-state index in [1.807, 2.05) is 25.3 Å². The molecule has 6 nitrogen and oxygen atoms in total. The number of alkyl halides is 3. The number of pyridine rings is 2. The Labute approximate surface area is 208 Å². The van der Waals surface area contributed by atoms with E-state index in [-0.39, 0.29) is 5.56 Å². The number of hydrogen-bond donors (Lipinski definition) is 1. The first-order valence-electron chi connectivity index (χ1n) is 11.9. The number of aromatic nitrogens is 2. The summed E-state index contributed by atoms with van der Waals surface area (Å²) in [5, 5.41) is 2.71. The minimum Gasteiger partial charge on any atom is -0.385 e. The smallest absolute Gasteiger partial charge is 0.385 e. The number of fused-ring (bicyclic) bond motifs is 1. The van der Waals surface area contributed by atoms with Crippen LogP contribution in [0.2, 0.25) is 0 Å². The highest BCUT2D eigenvalue weighted by Crippen LogP contribution is 2.39. The zero-order chi connectivity index (χ0) is 25.9. The van der Waals surface area contributed by atoms with Gasteiger partial charge in [-0.15, -0.1) is 0 Å². The first kappa shape index (κ1) is 25.6. The molecule has 0 spiro atoms. The van der Waals surface area contributed by atoms with Crippen LogP contribution >= 0.6 is 0 Å². The maximum absolute atomic E-state index is 13.0. The fourth-order valence-corrected chi connectivity index (χ4v) is 4.57. The third kappa shape index (κ3) is 5.51. The third-order valence-corrected chi connectivity index (χ3v) is 6.55. The van der Waals surface area contributed by atoms with E-state index in [2.05, 4.69) is 28.2 Å². The second kappa shape index (κ2) is 10.7. The second-order valence-corrected chi connectivity index (χ2v) is 8.89. The predicted octanol–water partition coefficient (Wildman–Crippen LogP) is 6.07. The van der Waals surface area contributed by atoms with Gasteiger partial charge in [0.1, 0.15) is 11.5 Å². The molecular formula is C27H29F3N4O2. The predicted molar refractivity (Wildman–Crippen MR) is 133 cm³/mol. The van der Waals surface area contributed by atoms with Gasteiger partial charge in [0.25, 0.3) is 5.91 Å². The maximum atomic E-state index is 13.0. The lowest BCUT2D eigenvalue weighted by molar-refractivity contribution is -0.141. The number of carbonyl (C=O) groups excluding carboxylic acids is 1. The number of halogens is 3. The van der Waals surface area contributed by atoms with Crippen molar-refractivity contribution in [1.29, 1.82) is 0 Å². The van der Waals surface area contributed by atoms with E-state index in [4.69, 9.17) is 9.72 Å². The molecule has 1 N–H and O–H groups in total. The Morgan fingerprint density at radius 2 is 2.00 bits per heavy atom. The lowest BCUT2D eigenvalue weighted by atomic mass is 9.87. The fraction of sp³-hybridized carbons (Fsp3) is 0.370. The van der Waals surface area contributed by atoms with E-state index in [1.54, 1.807) is 13.2 Å². The maximum Gasteiger partial charge on any atom is 0.433 e. The van der Waals surface area contributed by atoms with E-state index >= 15 is 0 Å². The van der Waals surface area contributed by atoms with Crippen LogP contribution in [0.1, 0.15) is 52.9 Å². The number of aryl methyl sites for hydroxylation is 1. The van der Waals surface area contributed by atoms with Crippen molar-refractivity contribution in [3.8, 4) is 11.1 Å². The molecule has 3 heterocycles. The average molecular weight is 499 g/mol. The van der Waals surface area contributed by atoms with Gasteiger partial charge < -0.3 is 15.0 Å². The van der Waals surface area contributed by atoms with Gasteiger partial charge in [-0.3, -0.25) is 9.78 Å². The van der Waals surface area contributed by atoms with Crippen LogP contribution < -0.4 is 10.2 Å². The molecule has 0 fully saturated rings. The summed E-state index contributed by atoms with van der Waals surface area (Å²) < 4.78 is 44.3. The van der Waals surface area contributed by atoms with Crippen molar-refractivity contribution in [3.63, 3.8) is 0 Å². The SMILES string of the molecule is CCN1CCC(CCOC)c2cc(-c3cc(NC(=O)c4ccnc(C(F)(F)F)c4)ccc3C)cnc21. The number of rotatable bonds is 7. The molecule has 1 aliphatic rings. The molecule has 0 saturated carbocycles. The van der Waals surface area contributed by atoms with E-state index in [0.717, 1.165) is 60.7 Å². The summed E-state index contributed by atoms with van der Waals surface area (Å²) in [7, 11) is 1.70. The Hall–Kier alpha value is -3.46. The number of hydrogen-bond acceptors (Lipinski definition) is 5. The molecule has 0 bridgehead atoms. The lowest BCUT2D eigenvalue weighted by Crippen LogP contribution is -2.32. The molecule has 1 aromatic carbocycles. The van der Waals surface area contributed by atoms with Gasteiger partial charge in [-0.25, -0.2) is 4.98 Å². The Morgan fingerprint density at radius 1 is 1.19 bits per heavy atom. The monoisotopic (exact) mass is 498 g/mol. The molecule has 9 heteroatoms. The van der Waals surface area contributed by atoms with Crippen molar-refractivity contribution in [2.45, 2.75) is 38.8 Å². The van der Waals surface area contributed by atoms with Gasteiger partial charge in [-0.2, -0.15) is 13.2 Å². The highest BCUT2D eigenvalue weighted by atomic mass is 19.4. The second-order valence-electron chi connectivity index (χ2n) is 8.89. The van der Waals surface area contributed by atoms with E-state index in [9.17, 15) is 18.0 Å². The quantitative estimate of drug-likeness (QED) is 0.428. The Kier molecular flexibility index (Phi) is 7.59. The van der Waals surface area contributed by atoms with Crippen molar-refractivity contribution >= 4 is 17.4 Å². The summed E-state index contributed by atoms with van der Waals surface area (Å²) in [6, 6.07) is 9.60. The van der Waals surface area contributed by atoms with Crippen LogP contribution in [0.3, 0.4) is 0 Å². The van der Waals surface area contributed by atoms with E-state index in [1.165, 1.54) is 11.6 Å². The fourth-order valence-electron chi connectivity index (χ4n) is 4.57. The Morgan fingerprint density at radius 3 is 2.72 bits per heavy atom. The molecular weight excluding hydrogens is 469 g/mol. The number of nitrogens with zero attached hydrogens (tertiary/aromatic N) is 3. The van der Waals surface area contributed by atoms with Crippen molar-refractivity contribution in [1.82, 2.24) is 9.97 Å². The molecule has 4 rings (SSSR count). The minimum absolute atomic E-state index is 0.115. The summed E-state index contributed by atoms with van der Waals surface area (Å²) >= 11 is 0. The molecule has 1 unspecified atom stereocenters. The number of methoxy groups -OCH3 is 1. The summed E-state index contributed by atoms with van der Waals surface area (Å²) in [4.78, 5) is 23.1. The molecule has 2 aromatic heterocycles. The number of benzene rings is 1. The van der Waals surface area contributed by atoms with Crippen LogP contribution in [-0.2, 0) is 10.9 Å². The first-order chi connectivity index (χ1) is 17.2. The lowest BCUT2D eigenvalue weighted by Gasteiger charge is -2.34. The zero-order valence-electron chi connectivity index (χ0n) is 20.5. The van der Waals surface area contributed by atoms with Gasteiger partial charge in [0.15, 0.2) is 0 Å². The molecule has 1 atom stereocenters. The largest absolute Gasteiger partial charge is 0.433 e. The minimum atomic E-state index is -4.62. The van der Waals surface area contributed by atoms with Crippen LogP contribution in [0.5, 0.6) is 0 Å². The molecule has 0 aliphatic carbocycles. The third-order valence-electron chi connectivity index (χ3n) is 6.55. The van der Waals surface area contributed by atoms with E-state index < -0.39 is 17.8 Å². The average Bonchev–Trinajstić information content (AvgIpc) is 2.87. The number of carbonyl (C=O) groups is 1. The number of ether oxygens (including phenoxy) is 1. The van der Waals surface area contributed by atoms with Gasteiger partial charge in [-0.1, -0.05) is 6.07 Å². The summed E-state index contributed by atoms with van der Waals surface area (Å²) in [6.45, 7) is 6.59. The molecule has 0 saturated heterocycles. The highest BCUT2D eigenvalue weighted by molar-refractivity contribution is 6.04. The molecule has 0 radical (unpaired) electrons. The van der Waals surface area contributed by atoms with Crippen LogP contribution in [0, 0.1) is 6.92 Å². The number of amides is 1. The molecule has 3 aromatic rings. The summed E-state index contributed by atoms with van der Waals surface area (Å²) in [6.07, 6.45) is 0.133. The zero-order valence-corrected chi connectivity index (χ0v) is 20.5. The van der Waals surface area contributed by atoms with Gasteiger partial charge in [0.2, 0.25) is 0 Å². The van der Waals surface area contributed by atoms with Crippen molar-refractivity contribution in [2.75, 3.05) is 37.0 Å². The summed E-state index contributed by atoms with van der Waals surface area (Å²) in [5.74, 6) is 0.696. The van der Waals surface area contributed by atoms with Crippen molar-refractivity contribution < 1.29 is 22.7 Å². The topological polar surface area (TPSA) is 67.3 Å². The van der Waals surface area contributed by atoms with Crippen molar-refractivity contribution in [3.05, 3.63) is 71.2 Å². The Bertz CT molecular complexity index is 1250. The molecule has 190 valence electrons. The first-order valence-corrected chi connectivity index (χ1v) is 11.9. The Balaban J connectivity index is 1.63. The number of anilines is 2. The van der Waals surface area contributed by atoms with Gasteiger partial charge in [0, 0.05) is 56.0 Å². The molecule has 1 amide bonds. The van der Waals surface area contributed by atoms with Gasteiger partial charge in [0.05, 0.1) is 0 Å². The van der Waals surface area contributed by atoms with Gasteiger partial charge >= 0.3 is 6.18 Å². The van der Waals surface area contributed by atoms with Crippen LogP contribution in [0.25, 0.3) is 11.1 Å². The number of nitrogens with one attached hydrogen (secondary N) is 1. The van der Waals surface area contributed by atoms with Crippen molar-refractivity contribution in [2.24, 2.45) is 0 Å². The van der Waals surface area contributed by atoms with Crippen LogP contribution in [0.4, 0.5) is 24.7 Å². The van der Waals surface area contributed by atoms with Crippen LogP contribution in [0.15, 0.2) is 48.8 Å². The van der Waals surface area contributed by atoms with E-state index in [0.29, 0.717) is 18.2 Å². The summed E-state index contributed by atoms with van der Waals surface area (Å²) in [5.41, 5.74) is 3.26. The molecule has 1 aliphatic heterocycles. The normalized spacial score (nSPS) is 15.5. The van der Waals surface area contributed by atoms with Crippen LogP contribution in [-0.4, -0.2) is 42.7 Å². The standard InChI is InChI=1S/C27H29F3N4O2/c1-4-34-11-8-18(9-12-36-3)23-13-20(16-32-25(23)34)22-15-21(6-5-17(22)2)33-26(35)19-7-10-31-24(14-19)27(28,29)30/h5-7,10,13-16,18H,4,8-9,11-12H2,1-3H3,(H,33,35). The van der Waals surface area contributed by atoms with Gasteiger partial charge in [-0.05, 0) is 79.6 Å². The molecule has 36 heavy (non-hydrogen) atoms. The highest BCUT2D eigenvalue weighted by Gasteiger charge is 2.33.